The van der Waals surface area contributed by atoms with Gasteiger partial charge in [0.25, 0.3) is 0 Å². The quantitative estimate of drug-likeness (QED) is 0.639. The van der Waals surface area contributed by atoms with E-state index < -0.39 is 0 Å². The van der Waals surface area contributed by atoms with Gasteiger partial charge >= 0.3 is 0 Å². The zero-order valence-corrected chi connectivity index (χ0v) is 17.4. The Balaban J connectivity index is 1.33. The molecule has 5 aliphatic rings. The topological polar surface area (TPSA) is 35.5 Å². The maximum absolute atomic E-state index is 12.1. The molecule has 3 nitrogen and oxygen atoms in total. The van der Waals surface area contributed by atoms with E-state index >= 15 is 0 Å². The first-order chi connectivity index (χ1) is 13.0. The molecule has 27 heavy (non-hydrogen) atoms. The van der Waals surface area contributed by atoms with E-state index in [4.69, 9.17) is 9.47 Å². The molecule has 0 aromatic heterocycles. The maximum atomic E-state index is 12.1. The summed E-state index contributed by atoms with van der Waals surface area (Å²) >= 11 is 0. The lowest BCUT2D eigenvalue weighted by atomic mass is 9.45. The SMILES string of the molecule is C[C@]12CCC(=O)C[C@@H]1CC[C@@H]1[C@@H]2CC[C@]2(C)[C@H](O[C@@H]3CCCCO3)CC[C@@H]12. The molecule has 0 aromatic carbocycles. The Morgan fingerprint density at radius 3 is 2.59 bits per heavy atom. The first-order valence-electron chi connectivity index (χ1n) is 11.8. The number of hydrogen-bond acceptors (Lipinski definition) is 3. The highest BCUT2D eigenvalue weighted by molar-refractivity contribution is 5.79. The van der Waals surface area contributed by atoms with E-state index in [2.05, 4.69) is 13.8 Å². The predicted molar refractivity (Wildman–Crippen MR) is 105 cm³/mol. The van der Waals surface area contributed by atoms with E-state index in [1.54, 1.807) is 0 Å². The Hall–Kier alpha value is -0.410. The lowest BCUT2D eigenvalue weighted by Gasteiger charge is -2.60. The molecule has 4 saturated carbocycles. The molecule has 0 radical (unpaired) electrons. The number of Topliss-reactive ketones (excluding diaryl/α,β-unsaturated/α-hetero) is 1. The second-order valence-corrected chi connectivity index (χ2v) is 10.9. The van der Waals surface area contributed by atoms with Gasteiger partial charge in [0.2, 0.25) is 0 Å². The normalized spacial score (nSPS) is 52.7. The van der Waals surface area contributed by atoms with Crippen molar-refractivity contribution in [3.8, 4) is 0 Å². The molecule has 0 N–H and O–H groups in total. The minimum atomic E-state index is 0.0506. The second kappa shape index (κ2) is 6.83. The van der Waals surface area contributed by atoms with Crippen LogP contribution in [-0.4, -0.2) is 24.8 Å². The van der Waals surface area contributed by atoms with Crippen molar-refractivity contribution in [2.24, 2.45) is 34.5 Å². The summed E-state index contributed by atoms with van der Waals surface area (Å²) in [5.74, 6) is 3.71. The summed E-state index contributed by atoms with van der Waals surface area (Å²) in [7, 11) is 0. The summed E-state index contributed by atoms with van der Waals surface area (Å²) in [4.78, 5) is 12.1. The van der Waals surface area contributed by atoms with Crippen molar-refractivity contribution in [2.75, 3.05) is 6.61 Å². The number of carbonyl (C=O) groups excluding carboxylic acids is 1. The first kappa shape index (κ1) is 18.6. The molecule has 1 aliphatic heterocycles. The number of rotatable bonds is 2. The van der Waals surface area contributed by atoms with Gasteiger partial charge in [-0.2, -0.15) is 0 Å². The van der Waals surface area contributed by atoms with Crippen LogP contribution in [0.15, 0.2) is 0 Å². The van der Waals surface area contributed by atoms with Gasteiger partial charge in [-0.15, -0.1) is 0 Å². The van der Waals surface area contributed by atoms with Gasteiger partial charge in [0.05, 0.1) is 6.10 Å². The molecular formula is C24H38O3. The molecular weight excluding hydrogens is 336 g/mol. The van der Waals surface area contributed by atoms with Gasteiger partial charge < -0.3 is 9.47 Å². The van der Waals surface area contributed by atoms with Crippen molar-refractivity contribution in [3.63, 3.8) is 0 Å². The third-order valence-corrected chi connectivity index (χ3v) is 9.85. The molecule has 0 spiro atoms. The van der Waals surface area contributed by atoms with Crippen molar-refractivity contribution in [2.45, 2.75) is 103 Å². The zero-order chi connectivity index (χ0) is 18.6. The highest BCUT2D eigenvalue weighted by Gasteiger charge is 2.60. The first-order valence-corrected chi connectivity index (χ1v) is 11.8. The van der Waals surface area contributed by atoms with Gasteiger partial charge in [-0.1, -0.05) is 13.8 Å². The fourth-order valence-electron chi connectivity index (χ4n) is 8.22. The van der Waals surface area contributed by atoms with Gasteiger partial charge in [0.15, 0.2) is 6.29 Å². The monoisotopic (exact) mass is 374 g/mol. The molecule has 5 rings (SSSR count). The Morgan fingerprint density at radius 2 is 1.78 bits per heavy atom. The van der Waals surface area contributed by atoms with E-state index in [0.29, 0.717) is 28.6 Å². The molecule has 3 heteroatoms. The molecule has 0 aromatic rings. The lowest BCUT2D eigenvalue weighted by Crippen LogP contribution is -2.54. The molecule has 1 saturated heterocycles. The number of hydrogen-bond donors (Lipinski definition) is 0. The summed E-state index contributed by atoms with van der Waals surface area (Å²) in [6.45, 7) is 5.95. The summed E-state index contributed by atoms with van der Waals surface area (Å²) in [5, 5.41) is 0. The minimum absolute atomic E-state index is 0.0506. The smallest absolute Gasteiger partial charge is 0.157 e. The third-order valence-electron chi connectivity index (χ3n) is 9.85. The van der Waals surface area contributed by atoms with E-state index in [9.17, 15) is 4.79 Å². The molecule has 5 fully saturated rings. The van der Waals surface area contributed by atoms with Crippen molar-refractivity contribution in [1.29, 1.82) is 0 Å². The van der Waals surface area contributed by atoms with Gasteiger partial charge in [-0.05, 0) is 98.7 Å². The lowest BCUT2D eigenvalue weighted by molar-refractivity contribution is -0.218. The molecule has 1 heterocycles. The van der Waals surface area contributed by atoms with Crippen LogP contribution in [0.2, 0.25) is 0 Å². The van der Waals surface area contributed by atoms with Crippen LogP contribution < -0.4 is 0 Å². The van der Waals surface area contributed by atoms with Crippen LogP contribution in [0.25, 0.3) is 0 Å². The average Bonchev–Trinajstić information content (AvgIpc) is 3.00. The van der Waals surface area contributed by atoms with Crippen LogP contribution >= 0.6 is 0 Å². The summed E-state index contributed by atoms with van der Waals surface area (Å²) < 4.78 is 12.5. The van der Waals surface area contributed by atoms with Gasteiger partial charge in [-0.25, -0.2) is 0 Å². The third kappa shape index (κ3) is 2.94. The van der Waals surface area contributed by atoms with Crippen LogP contribution in [0.5, 0.6) is 0 Å². The van der Waals surface area contributed by atoms with Crippen LogP contribution in [0, 0.1) is 34.5 Å². The number of fused-ring (bicyclic) bond motifs is 5. The van der Waals surface area contributed by atoms with Gasteiger partial charge in [0.1, 0.15) is 5.78 Å². The summed E-state index contributed by atoms with van der Waals surface area (Å²) in [5.41, 5.74) is 0.763. The fourth-order valence-corrected chi connectivity index (χ4v) is 8.22. The van der Waals surface area contributed by atoms with Crippen molar-refractivity contribution in [3.05, 3.63) is 0 Å². The van der Waals surface area contributed by atoms with Gasteiger partial charge in [0, 0.05) is 19.4 Å². The standard InChI is InChI=1S/C24H38O3/c1-23-12-10-17(25)15-16(23)6-7-18-19-8-9-21(24(19,2)13-11-20(18)23)27-22-5-3-4-14-26-22/h16,18-22H,3-15H2,1-2H3/t16-,18-,19-,20-,21+,22+,23-,24-/m0/s1. The Bertz CT molecular complexity index is 582. The molecule has 4 aliphatic carbocycles. The van der Waals surface area contributed by atoms with Crippen LogP contribution in [0.1, 0.15) is 90.9 Å². The van der Waals surface area contributed by atoms with E-state index in [1.165, 1.54) is 51.4 Å². The molecule has 8 atom stereocenters. The summed E-state index contributed by atoms with van der Waals surface area (Å²) in [6.07, 6.45) is 14.7. The zero-order valence-electron chi connectivity index (χ0n) is 17.4. The summed E-state index contributed by atoms with van der Waals surface area (Å²) in [6, 6.07) is 0. The second-order valence-electron chi connectivity index (χ2n) is 10.9. The van der Waals surface area contributed by atoms with Crippen molar-refractivity contribution >= 4 is 5.78 Å². The molecule has 0 amide bonds. The van der Waals surface area contributed by atoms with Crippen LogP contribution in [-0.2, 0) is 14.3 Å². The Morgan fingerprint density at radius 1 is 0.926 bits per heavy atom. The van der Waals surface area contributed by atoms with Crippen LogP contribution in [0.3, 0.4) is 0 Å². The number of ether oxygens (including phenoxy) is 2. The minimum Gasteiger partial charge on any atom is -0.353 e. The highest BCUT2D eigenvalue weighted by Crippen LogP contribution is 2.66. The van der Waals surface area contributed by atoms with Gasteiger partial charge in [-0.3, -0.25) is 4.79 Å². The highest BCUT2D eigenvalue weighted by atomic mass is 16.7. The molecule has 0 bridgehead atoms. The Labute approximate surface area is 164 Å². The van der Waals surface area contributed by atoms with E-state index in [1.807, 2.05) is 0 Å². The molecule has 0 unspecified atom stereocenters. The Kier molecular flexibility index (Phi) is 4.71. The number of carbonyl (C=O) groups is 1. The van der Waals surface area contributed by atoms with Crippen molar-refractivity contribution < 1.29 is 14.3 Å². The maximum Gasteiger partial charge on any atom is 0.157 e. The predicted octanol–water partition coefficient (Wildman–Crippen LogP) is 5.51. The average molecular weight is 375 g/mol. The number of ketones is 1. The fraction of sp³-hybridized carbons (Fsp3) is 0.958. The largest absolute Gasteiger partial charge is 0.353 e. The van der Waals surface area contributed by atoms with E-state index in [-0.39, 0.29) is 6.29 Å². The van der Waals surface area contributed by atoms with E-state index in [0.717, 1.165) is 50.0 Å². The molecule has 152 valence electrons. The van der Waals surface area contributed by atoms with Crippen LogP contribution in [0.4, 0.5) is 0 Å². The van der Waals surface area contributed by atoms with Crippen molar-refractivity contribution in [1.82, 2.24) is 0 Å².